The molecular formula is C25H42N8O. The zero-order valence-corrected chi connectivity index (χ0v) is 20.5. The Bertz CT molecular complexity index is 911. The number of hydrazine groups is 1. The summed E-state index contributed by atoms with van der Waals surface area (Å²) in [5, 5.41) is 15.0. The van der Waals surface area contributed by atoms with Gasteiger partial charge in [0.1, 0.15) is 0 Å². The first kappa shape index (κ1) is 23.8. The minimum atomic E-state index is 0.307. The molecule has 1 saturated heterocycles. The highest BCUT2D eigenvalue weighted by molar-refractivity contribution is 5.84. The second-order valence-corrected chi connectivity index (χ2v) is 10.7. The number of nitrogens with one attached hydrogen (secondary N) is 2. The van der Waals surface area contributed by atoms with E-state index in [1.165, 1.54) is 44.9 Å². The first-order valence-corrected chi connectivity index (χ1v) is 13.6. The SMILES string of the molecule is NC1CCC(Nc2nc(NN3CCC(CCCCO)CC3)c3ncn(C4CCCC4)c3n2)CC1. The molecule has 2 aliphatic carbocycles. The lowest BCUT2D eigenvalue weighted by Gasteiger charge is -2.32. The van der Waals surface area contributed by atoms with Gasteiger partial charge < -0.3 is 26.1 Å². The summed E-state index contributed by atoms with van der Waals surface area (Å²) in [6.45, 7) is 2.31. The van der Waals surface area contributed by atoms with Crippen LogP contribution in [0.2, 0.25) is 0 Å². The molecule has 2 aromatic rings. The largest absolute Gasteiger partial charge is 0.396 e. The maximum absolute atomic E-state index is 9.05. The van der Waals surface area contributed by atoms with Gasteiger partial charge in [-0.15, -0.1) is 0 Å². The third-order valence-corrected chi connectivity index (χ3v) is 8.14. The predicted molar refractivity (Wildman–Crippen MR) is 136 cm³/mol. The molecule has 188 valence electrons. The second-order valence-electron chi connectivity index (χ2n) is 10.7. The van der Waals surface area contributed by atoms with Crippen LogP contribution in [0.25, 0.3) is 11.2 Å². The predicted octanol–water partition coefficient (Wildman–Crippen LogP) is 3.82. The van der Waals surface area contributed by atoms with Crippen molar-refractivity contribution in [2.24, 2.45) is 11.7 Å². The molecule has 0 unspecified atom stereocenters. The fourth-order valence-electron chi connectivity index (χ4n) is 5.98. The van der Waals surface area contributed by atoms with Crippen LogP contribution in [-0.4, -0.2) is 61.4 Å². The average molecular weight is 471 g/mol. The van der Waals surface area contributed by atoms with Crippen molar-refractivity contribution in [1.82, 2.24) is 24.5 Å². The minimum absolute atomic E-state index is 0.307. The fraction of sp³-hybridized carbons (Fsp3) is 0.800. The smallest absolute Gasteiger partial charge is 0.227 e. The summed E-state index contributed by atoms with van der Waals surface area (Å²) in [5.41, 5.74) is 11.5. The third-order valence-electron chi connectivity index (χ3n) is 8.14. The molecule has 9 nitrogen and oxygen atoms in total. The number of aliphatic hydroxyl groups excluding tert-OH is 1. The second kappa shape index (κ2) is 11.2. The number of aliphatic hydroxyl groups is 1. The summed E-state index contributed by atoms with van der Waals surface area (Å²) >= 11 is 0. The van der Waals surface area contributed by atoms with E-state index in [9.17, 15) is 0 Å². The molecule has 3 aliphatic rings. The van der Waals surface area contributed by atoms with Gasteiger partial charge in [0.15, 0.2) is 17.0 Å². The lowest BCUT2D eigenvalue weighted by molar-refractivity contribution is 0.202. The van der Waals surface area contributed by atoms with Crippen molar-refractivity contribution in [2.75, 3.05) is 30.4 Å². The van der Waals surface area contributed by atoms with E-state index in [-0.39, 0.29) is 0 Å². The third kappa shape index (κ3) is 5.63. The van der Waals surface area contributed by atoms with Crippen LogP contribution >= 0.6 is 0 Å². The van der Waals surface area contributed by atoms with Crippen LogP contribution in [0.5, 0.6) is 0 Å². The number of imidazole rings is 1. The summed E-state index contributed by atoms with van der Waals surface area (Å²) < 4.78 is 2.28. The van der Waals surface area contributed by atoms with E-state index in [0.717, 1.165) is 74.5 Å². The lowest BCUT2D eigenvalue weighted by Crippen LogP contribution is -2.38. The van der Waals surface area contributed by atoms with Crippen molar-refractivity contribution in [3.05, 3.63) is 6.33 Å². The highest BCUT2D eigenvalue weighted by Crippen LogP contribution is 2.34. The molecule has 5 rings (SSSR count). The van der Waals surface area contributed by atoms with Crippen LogP contribution in [-0.2, 0) is 0 Å². The molecule has 5 N–H and O–H groups in total. The van der Waals surface area contributed by atoms with Gasteiger partial charge in [-0.3, -0.25) is 0 Å². The van der Waals surface area contributed by atoms with Gasteiger partial charge in [-0.1, -0.05) is 25.7 Å². The maximum Gasteiger partial charge on any atom is 0.227 e. The summed E-state index contributed by atoms with van der Waals surface area (Å²) in [4.78, 5) is 14.7. The van der Waals surface area contributed by atoms with Gasteiger partial charge in [0.2, 0.25) is 5.95 Å². The van der Waals surface area contributed by atoms with Crippen molar-refractivity contribution in [2.45, 2.75) is 102 Å². The zero-order chi connectivity index (χ0) is 23.3. The van der Waals surface area contributed by atoms with Crippen molar-refractivity contribution >= 4 is 22.9 Å². The van der Waals surface area contributed by atoms with Crippen molar-refractivity contribution in [3.8, 4) is 0 Å². The molecule has 0 amide bonds. The highest BCUT2D eigenvalue weighted by Gasteiger charge is 2.25. The number of fused-ring (bicyclic) bond motifs is 1. The topological polar surface area (TPSA) is 117 Å². The Kier molecular flexibility index (Phi) is 7.81. The van der Waals surface area contributed by atoms with Crippen LogP contribution in [0.15, 0.2) is 6.33 Å². The van der Waals surface area contributed by atoms with Crippen molar-refractivity contribution < 1.29 is 5.11 Å². The molecule has 0 atom stereocenters. The number of aromatic nitrogens is 4. The molecule has 3 fully saturated rings. The van der Waals surface area contributed by atoms with Crippen LogP contribution < -0.4 is 16.5 Å². The number of nitrogens with zero attached hydrogens (tertiary/aromatic N) is 5. The van der Waals surface area contributed by atoms with Crippen LogP contribution in [0.1, 0.15) is 89.5 Å². The Morgan fingerprint density at radius 3 is 2.47 bits per heavy atom. The molecule has 0 spiro atoms. The van der Waals surface area contributed by atoms with Gasteiger partial charge in [-0.2, -0.15) is 9.97 Å². The number of unbranched alkanes of at least 4 members (excludes halogenated alkanes) is 1. The summed E-state index contributed by atoms with van der Waals surface area (Å²) in [5.74, 6) is 2.27. The number of anilines is 2. The first-order valence-electron chi connectivity index (χ1n) is 13.6. The number of piperidine rings is 1. The molecule has 9 heteroatoms. The summed E-state index contributed by atoms with van der Waals surface area (Å²) in [7, 11) is 0. The Balaban J connectivity index is 1.32. The van der Waals surface area contributed by atoms with Crippen LogP contribution in [0.3, 0.4) is 0 Å². The van der Waals surface area contributed by atoms with Gasteiger partial charge in [-0.05, 0) is 63.7 Å². The van der Waals surface area contributed by atoms with E-state index in [4.69, 9.17) is 25.8 Å². The molecule has 0 aromatic carbocycles. The molecule has 2 aromatic heterocycles. The van der Waals surface area contributed by atoms with Gasteiger partial charge in [0, 0.05) is 37.8 Å². The fourth-order valence-corrected chi connectivity index (χ4v) is 5.98. The van der Waals surface area contributed by atoms with E-state index in [1.807, 2.05) is 6.33 Å². The average Bonchev–Trinajstić information content (AvgIpc) is 3.52. The number of rotatable bonds is 9. The Morgan fingerprint density at radius 1 is 0.971 bits per heavy atom. The molecule has 1 aliphatic heterocycles. The van der Waals surface area contributed by atoms with Gasteiger partial charge >= 0.3 is 0 Å². The van der Waals surface area contributed by atoms with Gasteiger partial charge in [0.05, 0.1) is 6.33 Å². The lowest BCUT2D eigenvalue weighted by atomic mass is 9.92. The molecule has 34 heavy (non-hydrogen) atoms. The standard InChI is InChI=1S/C25H42N8O/c26-19-8-10-20(11-9-19)28-25-29-23(31-32-14-12-18(13-15-32)5-3-4-16-34)22-24(30-25)33(17-27-22)21-6-1-2-7-21/h17-21,34H,1-16,26H2,(H2,28,29,30,31). The maximum atomic E-state index is 9.05. The number of hydrogen-bond acceptors (Lipinski definition) is 8. The molecule has 2 saturated carbocycles. The van der Waals surface area contributed by atoms with E-state index < -0.39 is 0 Å². The quantitative estimate of drug-likeness (QED) is 0.409. The van der Waals surface area contributed by atoms with Crippen LogP contribution in [0, 0.1) is 5.92 Å². The summed E-state index contributed by atoms with van der Waals surface area (Å²) in [6, 6.07) is 1.19. The zero-order valence-electron chi connectivity index (χ0n) is 20.5. The monoisotopic (exact) mass is 470 g/mol. The number of hydrogen-bond donors (Lipinski definition) is 4. The first-order chi connectivity index (χ1) is 16.7. The highest BCUT2D eigenvalue weighted by atomic mass is 16.2. The Morgan fingerprint density at radius 2 is 1.74 bits per heavy atom. The van der Waals surface area contributed by atoms with Gasteiger partial charge in [0.25, 0.3) is 0 Å². The summed E-state index contributed by atoms with van der Waals surface area (Å²) in [6.07, 6.45) is 16.8. The Hall–Kier alpha value is -1.97. The van der Waals surface area contributed by atoms with E-state index in [0.29, 0.717) is 30.7 Å². The Labute approximate surface area is 202 Å². The normalized spacial score (nSPS) is 25.2. The van der Waals surface area contributed by atoms with E-state index in [2.05, 4.69) is 20.3 Å². The molecular weight excluding hydrogens is 428 g/mol. The molecule has 3 heterocycles. The van der Waals surface area contributed by atoms with Crippen molar-refractivity contribution in [3.63, 3.8) is 0 Å². The van der Waals surface area contributed by atoms with E-state index >= 15 is 0 Å². The molecule has 0 radical (unpaired) electrons. The van der Waals surface area contributed by atoms with Gasteiger partial charge in [-0.25, -0.2) is 9.99 Å². The number of nitrogens with two attached hydrogens (primary N) is 1. The minimum Gasteiger partial charge on any atom is -0.396 e. The molecule has 0 bridgehead atoms. The van der Waals surface area contributed by atoms with Crippen molar-refractivity contribution in [1.29, 1.82) is 0 Å². The van der Waals surface area contributed by atoms with E-state index in [1.54, 1.807) is 0 Å². The van der Waals surface area contributed by atoms with Crippen LogP contribution in [0.4, 0.5) is 11.8 Å².